The van der Waals surface area contributed by atoms with Crippen LogP contribution in [0.2, 0.25) is 0 Å². The van der Waals surface area contributed by atoms with E-state index in [0.717, 1.165) is 47.4 Å². The molecule has 2 aromatic carbocycles. The van der Waals surface area contributed by atoms with Gasteiger partial charge in [0, 0.05) is 26.2 Å². The fraction of sp³-hybridized carbons (Fsp3) is 0.417. The molecule has 0 unspecified atom stereocenters. The van der Waals surface area contributed by atoms with E-state index >= 15 is 0 Å². The van der Waals surface area contributed by atoms with Gasteiger partial charge in [-0.1, -0.05) is 41.7 Å². The number of sulfone groups is 1. The quantitative estimate of drug-likeness (QED) is 0.484. The number of aryl methyl sites for hydroxylation is 2. The Morgan fingerprint density at radius 3 is 2.48 bits per heavy atom. The summed E-state index contributed by atoms with van der Waals surface area (Å²) < 4.78 is 32.2. The molecule has 0 spiro atoms. The zero-order valence-corrected chi connectivity index (χ0v) is 20.6. The number of thiazole rings is 1. The number of hydrogen-bond donors (Lipinski definition) is 0. The maximum Gasteiger partial charge on any atom is 0.244 e. The second-order valence-electron chi connectivity index (χ2n) is 8.30. The van der Waals surface area contributed by atoms with Crippen LogP contribution < -0.4 is 4.90 Å². The number of ether oxygens (including phenoxy) is 1. The Labute approximate surface area is 198 Å². The zero-order valence-electron chi connectivity index (χ0n) is 19.0. The minimum atomic E-state index is -3.75. The largest absolute Gasteiger partial charge is 0.379 e. The molecule has 2 heterocycles. The Balaban J connectivity index is 1.58. The number of rotatable bonds is 8. The van der Waals surface area contributed by atoms with Gasteiger partial charge in [0.25, 0.3) is 0 Å². The predicted octanol–water partition coefficient (Wildman–Crippen LogP) is 3.44. The van der Waals surface area contributed by atoms with Gasteiger partial charge in [0.15, 0.2) is 15.0 Å². The van der Waals surface area contributed by atoms with Crippen LogP contribution in [0.15, 0.2) is 47.4 Å². The number of morpholine rings is 1. The van der Waals surface area contributed by atoms with Crippen LogP contribution in [0.3, 0.4) is 0 Å². The predicted molar refractivity (Wildman–Crippen MR) is 132 cm³/mol. The smallest absolute Gasteiger partial charge is 0.244 e. The number of hydrogen-bond acceptors (Lipinski definition) is 7. The van der Waals surface area contributed by atoms with Crippen molar-refractivity contribution < 1.29 is 17.9 Å². The van der Waals surface area contributed by atoms with Gasteiger partial charge in [0.2, 0.25) is 5.91 Å². The number of amides is 1. The van der Waals surface area contributed by atoms with Crippen LogP contribution in [-0.2, 0) is 19.4 Å². The van der Waals surface area contributed by atoms with E-state index in [2.05, 4.69) is 4.90 Å². The van der Waals surface area contributed by atoms with Crippen molar-refractivity contribution in [3.8, 4) is 0 Å². The number of carbonyl (C=O) groups excluding carboxylic acids is 1. The summed E-state index contributed by atoms with van der Waals surface area (Å²) in [6.07, 6.45) is 0.727. The normalized spacial score (nSPS) is 15.1. The van der Waals surface area contributed by atoms with Crippen LogP contribution in [-0.4, -0.2) is 69.4 Å². The standard InChI is InChI=1S/C24H29N3O4S2/c1-18-9-10-19(2)23-22(18)25-24(32-23)27(12-6-11-26-13-15-31-16-14-26)21(28)17-33(29,30)20-7-4-3-5-8-20/h3-5,7-10H,6,11-17H2,1-2H3. The van der Waals surface area contributed by atoms with Gasteiger partial charge in [-0.15, -0.1) is 0 Å². The third-order valence-corrected chi connectivity index (χ3v) is 8.67. The van der Waals surface area contributed by atoms with Crippen molar-refractivity contribution in [1.29, 1.82) is 0 Å². The number of carbonyl (C=O) groups is 1. The summed E-state index contributed by atoms with van der Waals surface area (Å²) >= 11 is 1.45. The highest BCUT2D eigenvalue weighted by Crippen LogP contribution is 2.33. The molecule has 1 amide bonds. The van der Waals surface area contributed by atoms with E-state index in [1.54, 1.807) is 23.1 Å². The molecular formula is C24H29N3O4S2. The van der Waals surface area contributed by atoms with Gasteiger partial charge in [-0.2, -0.15) is 0 Å². The van der Waals surface area contributed by atoms with Crippen LogP contribution in [0.1, 0.15) is 17.5 Å². The van der Waals surface area contributed by atoms with Crippen LogP contribution in [0.4, 0.5) is 5.13 Å². The number of benzene rings is 2. The van der Waals surface area contributed by atoms with E-state index in [-0.39, 0.29) is 4.90 Å². The lowest BCUT2D eigenvalue weighted by molar-refractivity contribution is -0.116. The van der Waals surface area contributed by atoms with Gasteiger partial charge in [0.1, 0.15) is 5.75 Å². The molecule has 176 valence electrons. The minimum absolute atomic E-state index is 0.155. The van der Waals surface area contributed by atoms with Crippen LogP contribution in [0.25, 0.3) is 10.2 Å². The molecule has 0 N–H and O–H groups in total. The summed E-state index contributed by atoms with van der Waals surface area (Å²) in [4.78, 5) is 22.1. The SMILES string of the molecule is Cc1ccc(C)c2sc(N(CCCN3CCOCC3)C(=O)CS(=O)(=O)c3ccccc3)nc12. The van der Waals surface area contributed by atoms with Crippen molar-refractivity contribution in [2.75, 3.05) is 50.0 Å². The summed E-state index contributed by atoms with van der Waals surface area (Å²) in [5, 5.41) is 0.553. The monoisotopic (exact) mass is 487 g/mol. The lowest BCUT2D eigenvalue weighted by atomic mass is 10.1. The molecule has 33 heavy (non-hydrogen) atoms. The maximum absolute atomic E-state index is 13.3. The number of aromatic nitrogens is 1. The van der Waals surface area contributed by atoms with Gasteiger partial charge >= 0.3 is 0 Å². The first-order valence-electron chi connectivity index (χ1n) is 11.1. The highest BCUT2D eigenvalue weighted by Gasteiger charge is 2.27. The van der Waals surface area contributed by atoms with Gasteiger partial charge in [-0.05, 0) is 43.5 Å². The molecule has 7 nitrogen and oxygen atoms in total. The molecule has 1 aromatic heterocycles. The highest BCUT2D eigenvalue weighted by atomic mass is 32.2. The topological polar surface area (TPSA) is 79.8 Å². The first-order chi connectivity index (χ1) is 15.8. The molecule has 3 aromatic rings. The molecule has 9 heteroatoms. The zero-order chi connectivity index (χ0) is 23.4. The van der Waals surface area contributed by atoms with Crippen molar-refractivity contribution in [3.05, 3.63) is 53.6 Å². The lowest BCUT2D eigenvalue weighted by Crippen LogP contribution is -2.40. The molecule has 0 aliphatic carbocycles. The van der Waals surface area contributed by atoms with E-state index in [4.69, 9.17) is 9.72 Å². The highest BCUT2D eigenvalue weighted by molar-refractivity contribution is 7.92. The molecule has 0 radical (unpaired) electrons. The summed E-state index contributed by atoms with van der Waals surface area (Å²) in [6.45, 7) is 8.43. The average molecular weight is 488 g/mol. The second kappa shape index (κ2) is 10.3. The molecule has 1 fully saturated rings. The van der Waals surface area contributed by atoms with E-state index in [1.807, 2.05) is 26.0 Å². The van der Waals surface area contributed by atoms with Crippen molar-refractivity contribution in [2.45, 2.75) is 25.2 Å². The first-order valence-corrected chi connectivity index (χ1v) is 13.6. The number of nitrogens with zero attached hydrogens (tertiary/aromatic N) is 3. The molecule has 1 aliphatic heterocycles. The summed E-state index contributed by atoms with van der Waals surface area (Å²) in [5.41, 5.74) is 3.00. The fourth-order valence-corrected chi connectivity index (χ4v) is 6.29. The van der Waals surface area contributed by atoms with Crippen LogP contribution in [0.5, 0.6) is 0 Å². The Kier molecular flexibility index (Phi) is 7.43. The summed E-state index contributed by atoms with van der Waals surface area (Å²) in [7, 11) is -3.75. The molecule has 4 rings (SSSR count). The molecule has 0 saturated carbocycles. The van der Waals surface area contributed by atoms with Gasteiger partial charge in [-0.3, -0.25) is 14.6 Å². The van der Waals surface area contributed by atoms with Crippen molar-refractivity contribution in [2.24, 2.45) is 0 Å². The Morgan fingerprint density at radius 1 is 1.09 bits per heavy atom. The second-order valence-corrected chi connectivity index (χ2v) is 11.3. The molecule has 1 aliphatic rings. The third-order valence-electron chi connectivity index (χ3n) is 5.84. The maximum atomic E-state index is 13.3. The van der Waals surface area contributed by atoms with Crippen molar-refractivity contribution in [1.82, 2.24) is 9.88 Å². The van der Waals surface area contributed by atoms with Gasteiger partial charge < -0.3 is 4.74 Å². The fourth-order valence-electron chi connectivity index (χ4n) is 3.92. The minimum Gasteiger partial charge on any atom is -0.379 e. The van der Waals surface area contributed by atoms with E-state index < -0.39 is 21.5 Å². The Bertz CT molecular complexity index is 1180. The first kappa shape index (κ1) is 23.8. The summed E-state index contributed by atoms with van der Waals surface area (Å²) in [6, 6.07) is 12.2. The van der Waals surface area contributed by atoms with E-state index in [0.29, 0.717) is 24.9 Å². The van der Waals surface area contributed by atoms with E-state index in [9.17, 15) is 13.2 Å². The van der Waals surface area contributed by atoms with Gasteiger partial charge in [0.05, 0.1) is 28.3 Å². The third kappa shape index (κ3) is 5.60. The van der Waals surface area contributed by atoms with Gasteiger partial charge in [-0.25, -0.2) is 13.4 Å². The Morgan fingerprint density at radius 2 is 1.79 bits per heavy atom. The lowest BCUT2D eigenvalue weighted by Gasteiger charge is -2.27. The molecule has 0 atom stereocenters. The van der Waals surface area contributed by atoms with Crippen molar-refractivity contribution in [3.63, 3.8) is 0 Å². The molecular weight excluding hydrogens is 458 g/mol. The van der Waals surface area contributed by atoms with Crippen LogP contribution in [0, 0.1) is 13.8 Å². The molecule has 0 bridgehead atoms. The van der Waals surface area contributed by atoms with Crippen LogP contribution >= 0.6 is 11.3 Å². The summed E-state index contributed by atoms with van der Waals surface area (Å²) in [5.74, 6) is -1.03. The number of fused-ring (bicyclic) bond motifs is 1. The average Bonchev–Trinajstić information content (AvgIpc) is 3.26. The number of anilines is 1. The Hall–Kier alpha value is -2.33. The van der Waals surface area contributed by atoms with E-state index in [1.165, 1.54) is 23.5 Å². The molecule has 1 saturated heterocycles. The van der Waals surface area contributed by atoms with Crippen molar-refractivity contribution >= 4 is 42.4 Å².